The van der Waals surface area contributed by atoms with Crippen LogP contribution in [0.2, 0.25) is 0 Å². The molecule has 5 aromatic carbocycles. The van der Waals surface area contributed by atoms with Crippen molar-refractivity contribution in [3.63, 3.8) is 0 Å². The fraction of sp³-hybridized carbons (Fsp3) is 0. The number of fused-ring (bicyclic) bond motifs is 8. The average Bonchev–Trinajstić information content (AvgIpc) is 3.57. The van der Waals surface area contributed by atoms with Crippen LogP contribution >= 0.6 is 22.7 Å². The van der Waals surface area contributed by atoms with Crippen LogP contribution in [0, 0.1) is 0 Å². The molecule has 0 saturated carbocycles. The lowest BCUT2D eigenvalue weighted by atomic mass is 9.98. The molecule has 0 aliphatic rings. The molecule has 0 N–H and O–H groups in total. The van der Waals surface area contributed by atoms with Crippen LogP contribution in [0.5, 0.6) is 0 Å². The molecule has 0 aliphatic heterocycles. The zero-order chi connectivity index (χ0) is 22.9. The smallest absolute Gasteiger partial charge is 0.0727 e. The van der Waals surface area contributed by atoms with Crippen molar-refractivity contribution < 1.29 is 0 Å². The third-order valence-electron chi connectivity index (χ3n) is 7.00. The number of benzene rings is 5. The standard InChI is InChI=1S/C32H19NS2/c1-2-9-21(10-3-1)33-26-14-6-4-11-23(26)32-31(33)25-19-20(17-18-28(25)35-32)22-13-8-16-29-30(22)24-12-5-7-15-27(24)34-29/h1-19H. The van der Waals surface area contributed by atoms with E-state index in [1.807, 2.05) is 22.7 Å². The maximum Gasteiger partial charge on any atom is 0.0727 e. The largest absolute Gasteiger partial charge is 0.308 e. The van der Waals surface area contributed by atoms with Gasteiger partial charge in [-0.3, -0.25) is 0 Å². The van der Waals surface area contributed by atoms with Crippen LogP contribution in [0.25, 0.3) is 68.2 Å². The second-order valence-corrected chi connectivity index (χ2v) is 11.1. The summed E-state index contributed by atoms with van der Waals surface area (Å²) in [5.74, 6) is 0. The molecular formula is C32H19NS2. The fourth-order valence-corrected chi connectivity index (χ4v) is 7.83. The molecule has 1 nitrogen and oxygen atoms in total. The second-order valence-electron chi connectivity index (χ2n) is 8.96. The first-order chi connectivity index (χ1) is 17.4. The van der Waals surface area contributed by atoms with Crippen molar-refractivity contribution in [3.05, 3.63) is 115 Å². The Bertz CT molecular complexity index is 2050. The van der Waals surface area contributed by atoms with Gasteiger partial charge in [-0.15, -0.1) is 22.7 Å². The van der Waals surface area contributed by atoms with Gasteiger partial charge in [-0.2, -0.15) is 0 Å². The monoisotopic (exact) mass is 481 g/mol. The molecule has 0 saturated heterocycles. The van der Waals surface area contributed by atoms with Crippen LogP contribution < -0.4 is 0 Å². The highest BCUT2D eigenvalue weighted by atomic mass is 32.1. The third kappa shape index (κ3) is 2.74. The van der Waals surface area contributed by atoms with Crippen LogP contribution in [0.15, 0.2) is 115 Å². The quantitative estimate of drug-likeness (QED) is 0.231. The second kappa shape index (κ2) is 7.29. The zero-order valence-corrected chi connectivity index (χ0v) is 20.4. The Kier molecular flexibility index (Phi) is 4.04. The molecule has 0 bridgehead atoms. The number of thiophene rings is 2. The normalized spacial score (nSPS) is 12.0. The van der Waals surface area contributed by atoms with Gasteiger partial charge in [-0.1, -0.05) is 72.8 Å². The van der Waals surface area contributed by atoms with Crippen molar-refractivity contribution in [3.8, 4) is 16.8 Å². The Labute approximate surface area is 210 Å². The highest BCUT2D eigenvalue weighted by molar-refractivity contribution is 7.27. The fourth-order valence-electron chi connectivity index (χ4n) is 5.50. The van der Waals surface area contributed by atoms with Gasteiger partial charge in [0.15, 0.2) is 0 Å². The Morgan fingerprint density at radius 3 is 2.17 bits per heavy atom. The molecule has 164 valence electrons. The summed E-state index contributed by atoms with van der Waals surface area (Å²) in [6.07, 6.45) is 0. The molecule has 0 amide bonds. The van der Waals surface area contributed by atoms with Crippen LogP contribution in [0.4, 0.5) is 0 Å². The SMILES string of the molecule is c1ccc(-n2c3ccccc3c3sc4ccc(-c5cccc6sc7ccccc7c56)cc4c32)cc1. The number of aromatic nitrogens is 1. The Morgan fingerprint density at radius 1 is 0.514 bits per heavy atom. The molecule has 3 aromatic heterocycles. The molecular weight excluding hydrogens is 462 g/mol. The summed E-state index contributed by atoms with van der Waals surface area (Å²) in [7, 11) is 0. The Balaban J connectivity index is 1.49. The van der Waals surface area contributed by atoms with Gasteiger partial charge in [0.25, 0.3) is 0 Å². The predicted molar refractivity (Wildman–Crippen MR) is 154 cm³/mol. The van der Waals surface area contributed by atoms with Crippen LogP contribution in [0.1, 0.15) is 0 Å². The van der Waals surface area contributed by atoms with E-state index in [0.717, 1.165) is 0 Å². The molecule has 0 spiro atoms. The molecule has 0 radical (unpaired) electrons. The van der Waals surface area contributed by atoms with Crippen molar-refractivity contribution in [1.82, 2.24) is 4.57 Å². The molecule has 0 unspecified atom stereocenters. The summed E-state index contributed by atoms with van der Waals surface area (Å²) < 4.78 is 7.82. The molecule has 0 aliphatic carbocycles. The van der Waals surface area contributed by atoms with Gasteiger partial charge >= 0.3 is 0 Å². The van der Waals surface area contributed by atoms with Crippen LogP contribution in [0.3, 0.4) is 0 Å². The lowest BCUT2D eigenvalue weighted by molar-refractivity contribution is 1.19. The van der Waals surface area contributed by atoms with Gasteiger partial charge in [0.2, 0.25) is 0 Å². The van der Waals surface area contributed by atoms with E-state index >= 15 is 0 Å². The molecule has 8 rings (SSSR count). The summed E-state index contributed by atoms with van der Waals surface area (Å²) in [6.45, 7) is 0. The van der Waals surface area contributed by atoms with Gasteiger partial charge in [-0.05, 0) is 53.6 Å². The minimum atomic E-state index is 1.20. The van der Waals surface area contributed by atoms with Gasteiger partial charge in [0.05, 0.1) is 15.7 Å². The lowest BCUT2D eigenvalue weighted by Crippen LogP contribution is -1.92. The maximum absolute atomic E-state index is 2.44. The zero-order valence-electron chi connectivity index (χ0n) is 18.7. The summed E-state index contributed by atoms with van der Waals surface area (Å²) in [4.78, 5) is 0. The predicted octanol–water partition coefficient (Wildman–Crippen LogP) is 10.0. The van der Waals surface area contributed by atoms with E-state index in [-0.39, 0.29) is 0 Å². The lowest BCUT2D eigenvalue weighted by Gasteiger charge is -2.09. The van der Waals surface area contributed by atoms with Crippen LogP contribution in [-0.2, 0) is 0 Å². The van der Waals surface area contributed by atoms with Crippen molar-refractivity contribution in [2.75, 3.05) is 0 Å². The van der Waals surface area contributed by atoms with Gasteiger partial charge in [-0.25, -0.2) is 0 Å². The van der Waals surface area contributed by atoms with E-state index in [0.29, 0.717) is 0 Å². The topological polar surface area (TPSA) is 4.93 Å². The minimum Gasteiger partial charge on any atom is -0.308 e. The molecule has 0 atom stereocenters. The minimum absolute atomic E-state index is 1.20. The Hall–Kier alpha value is -3.92. The summed E-state index contributed by atoms with van der Waals surface area (Å²) in [6, 6.07) is 42.0. The van der Waals surface area contributed by atoms with Crippen molar-refractivity contribution in [2.45, 2.75) is 0 Å². The maximum atomic E-state index is 2.44. The number of para-hydroxylation sites is 2. The van der Waals surface area contributed by atoms with Crippen molar-refractivity contribution in [2.24, 2.45) is 0 Å². The molecule has 3 heterocycles. The highest BCUT2D eigenvalue weighted by Gasteiger charge is 2.18. The van der Waals surface area contributed by atoms with Crippen LogP contribution in [-0.4, -0.2) is 4.57 Å². The van der Waals surface area contributed by atoms with Gasteiger partial charge < -0.3 is 4.57 Å². The molecule has 8 aromatic rings. The third-order valence-corrected chi connectivity index (χ3v) is 9.33. The average molecular weight is 482 g/mol. The first kappa shape index (κ1) is 19.4. The summed E-state index contributed by atoms with van der Waals surface area (Å²) in [5.41, 5.74) is 6.36. The number of nitrogens with zero attached hydrogens (tertiary/aromatic N) is 1. The number of hydrogen-bond acceptors (Lipinski definition) is 2. The first-order valence-electron chi connectivity index (χ1n) is 11.8. The first-order valence-corrected chi connectivity index (χ1v) is 13.4. The van der Waals surface area contributed by atoms with E-state index in [4.69, 9.17) is 0 Å². The Morgan fingerprint density at radius 2 is 1.26 bits per heavy atom. The number of rotatable bonds is 2. The molecule has 3 heteroatoms. The van der Waals surface area contributed by atoms with E-state index in [2.05, 4.69) is 120 Å². The van der Waals surface area contributed by atoms with E-state index in [1.54, 1.807) is 0 Å². The van der Waals surface area contributed by atoms with E-state index in [1.165, 1.54) is 68.2 Å². The number of hydrogen-bond donors (Lipinski definition) is 0. The van der Waals surface area contributed by atoms with E-state index in [9.17, 15) is 0 Å². The van der Waals surface area contributed by atoms with Crippen molar-refractivity contribution in [1.29, 1.82) is 0 Å². The van der Waals surface area contributed by atoms with Gasteiger partial charge in [0.1, 0.15) is 0 Å². The molecule has 35 heavy (non-hydrogen) atoms. The molecule has 0 fully saturated rings. The highest BCUT2D eigenvalue weighted by Crippen LogP contribution is 2.45. The van der Waals surface area contributed by atoms with E-state index < -0.39 is 0 Å². The summed E-state index contributed by atoms with van der Waals surface area (Å²) >= 11 is 3.78. The van der Waals surface area contributed by atoms with Crippen molar-refractivity contribution >= 4 is 74.1 Å². The van der Waals surface area contributed by atoms with Gasteiger partial charge in [0, 0.05) is 41.3 Å². The summed E-state index contributed by atoms with van der Waals surface area (Å²) in [5, 5.41) is 5.35.